The number of alkyl halides is 3. The quantitative estimate of drug-likeness (QED) is 0.579. The molecule has 0 radical (unpaired) electrons. The first kappa shape index (κ1) is 22.4. The van der Waals surface area contributed by atoms with E-state index in [-0.39, 0.29) is 29.2 Å². The van der Waals surface area contributed by atoms with Gasteiger partial charge >= 0.3 is 6.18 Å². The summed E-state index contributed by atoms with van der Waals surface area (Å²) in [6.45, 7) is 3.78. The molecule has 0 unspecified atom stereocenters. The minimum absolute atomic E-state index is 0.0206. The number of allylic oxidation sites excluding steroid dienone is 1. The van der Waals surface area contributed by atoms with E-state index in [1.807, 2.05) is 7.05 Å². The number of hydrogen-bond donors (Lipinski definition) is 0. The predicted molar refractivity (Wildman–Crippen MR) is 108 cm³/mol. The van der Waals surface area contributed by atoms with Crippen LogP contribution in [0.25, 0.3) is 6.08 Å². The molecular formula is C23H26F4N2O. The minimum atomic E-state index is -4.45. The molecule has 162 valence electrons. The Balaban J connectivity index is 1.78. The average Bonchev–Trinajstić information content (AvgIpc) is 2.70. The second-order valence-corrected chi connectivity index (χ2v) is 7.85. The fourth-order valence-electron chi connectivity index (χ4n) is 3.82. The van der Waals surface area contributed by atoms with E-state index in [2.05, 4.69) is 9.88 Å². The van der Waals surface area contributed by atoms with Gasteiger partial charge in [0.1, 0.15) is 5.82 Å². The summed E-state index contributed by atoms with van der Waals surface area (Å²) in [4.78, 5) is 6.49. The zero-order chi connectivity index (χ0) is 21.8. The molecule has 0 N–H and O–H groups in total. The maximum absolute atomic E-state index is 13.4. The molecule has 1 aliphatic rings. The standard InChI is InChI=1S/C23H26F4N2O/c1-3-4-20-13-18(23(25,26)27)14-21(28-20)15-30-16-22(9-11-29(2)12-10-22)17-5-7-19(24)8-6-17/h3-8,13-14H,9-12,15-16H2,1-2H3/b4-3+. The van der Waals surface area contributed by atoms with Crippen LogP contribution in [0, 0.1) is 5.82 Å². The van der Waals surface area contributed by atoms with E-state index < -0.39 is 11.7 Å². The number of ether oxygens (including phenoxy) is 1. The zero-order valence-electron chi connectivity index (χ0n) is 17.2. The monoisotopic (exact) mass is 422 g/mol. The number of aromatic nitrogens is 1. The molecule has 0 amide bonds. The van der Waals surface area contributed by atoms with Crippen molar-refractivity contribution in [2.45, 2.75) is 38.0 Å². The summed E-state index contributed by atoms with van der Waals surface area (Å²) in [5, 5.41) is 0. The minimum Gasteiger partial charge on any atom is -0.374 e. The van der Waals surface area contributed by atoms with Crippen LogP contribution in [0.15, 0.2) is 42.5 Å². The lowest BCUT2D eigenvalue weighted by molar-refractivity contribution is -0.137. The molecule has 0 spiro atoms. The Morgan fingerprint density at radius 2 is 1.80 bits per heavy atom. The van der Waals surface area contributed by atoms with Gasteiger partial charge in [-0.2, -0.15) is 13.2 Å². The first-order chi connectivity index (χ1) is 14.2. The lowest BCUT2D eigenvalue weighted by Crippen LogP contribution is -2.43. The molecule has 1 fully saturated rings. The first-order valence-corrected chi connectivity index (χ1v) is 9.95. The molecule has 1 aliphatic heterocycles. The third-order valence-electron chi connectivity index (χ3n) is 5.59. The van der Waals surface area contributed by atoms with E-state index in [0.717, 1.165) is 43.6 Å². The van der Waals surface area contributed by atoms with E-state index >= 15 is 0 Å². The molecule has 1 aromatic carbocycles. The van der Waals surface area contributed by atoms with Crippen LogP contribution < -0.4 is 0 Å². The van der Waals surface area contributed by atoms with Gasteiger partial charge in [0.25, 0.3) is 0 Å². The second kappa shape index (κ2) is 9.27. The third kappa shape index (κ3) is 5.46. The fourth-order valence-corrected chi connectivity index (χ4v) is 3.82. The van der Waals surface area contributed by atoms with Crippen molar-refractivity contribution in [3.8, 4) is 0 Å². The van der Waals surface area contributed by atoms with E-state index in [4.69, 9.17) is 4.74 Å². The number of piperidine rings is 1. The van der Waals surface area contributed by atoms with Crippen molar-refractivity contribution in [3.63, 3.8) is 0 Å². The molecular weight excluding hydrogens is 396 g/mol. The summed E-state index contributed by atoms with van der Waals surface area (Å²) in [6.07, 6.45) is 0.395. The van der Waals surface area contributed by atoms with Gasteiger partial charge in [-0.25, -0.2) is 4.39 Å². The smallest absolute Gasteiger partial charge is 0.374 e. The number of hydrogen-bond acceptors (Lipinski definition) is 3. The molecule has 2 aromatic rings. The number of nitrogens with zero attached hydrogens (tertiary/aromatic N) is 2. The highest BCUT2D eigenvalue weighted by Gasteiger charge is 2.36. The lowest BCUT2D eigenvalue weighted by Gasteiger charge is -2.41. The van der Waals surface area contributed by atoms with Crippen molar-refractivity contribution in [1.82, 2.24) is 9.88 Å². The SMILES string of the molecule is C/C=C/c1cc(C(F)(F)F)cc(COCC2(c3ccc(F)cc3)CCN(C)CC2)n1. The van der Waals surface area contributed by atoms with Crippen LogP contribution in [0.2, 0.25) is 0 Å². The Kier molecular flexibility index (Phi) is 6.93. The van der Waals surface area contributed by atoms with Gasteiger partial charge in [0.05, 0.1) is 30.2 Å². The van der Waals surface area contributed by atoms with Gasteiger partial charge in [-0.05, 0) is 75.8 Å². The van der Waals surface area contributed by atoms with Crippen molar-refractivity contribution in [2.24, 2.45) is 0 Å². The number of likely N-dealkylation sites (tertiary alicyclic amines) is 1. The largest absolute Gasteiger partial charge is 0.416 e. The van der Waals surface area contributed by atoms with E-state index in [9.17, 15) is 17.6 Å². The average molecular weight is 422 g/mol. The Morgan fingerprint density at radius 3 is 2.40 bits per heavy atom. The number of halogens is 4. The van der Waals surface area contributed by atoms with E-state index in [1.54, 1.807) is 25.1 Å². The zero-order valence-corrected chi connectivity index (χ0v) is 17.2. The molecule has 0 atom stereocenters. The summed E-state index contributed by atoms with van der Waals surface area (Å²) in [6, 6.07) is 8.49. The Hall–Kier alpha value is -2.25. The maximum atomic E-state index is 13.4. The highest BCUT2D eigenvalue weighted by Crippen LogP contribution is 2.36. The molecule has 2 heterocycles. The molecule has 0 aliphatic carbocycles. The highest BCUT2D eigenvalue weighted by atomic mass is 19.4. The third-order valence-corrected chi connectivity index (χ3v) is 5.59. The van der Waals surface area contributed by atoms with Gasteiger partial charge in [-0.15, -0.1) is 0 Å². The van der Waals surface area contributed by atoms with Crippen LogP contribution in [0.4, 0.5) is 17.6 Å². The van der Waals surface area contributed by atoms with Gasteiger partial charge in [0.15, 0.2) is 0 Å². The summed E-state index contributed by atoms with van der Waals surface area (Å²) < 4.78 is 59.0. The number of rotatable bonds is 6. The summed E-state index contributed by atoms with van der Waals surface area (Å²) in [5.41, 5.74) is 0.437. The van der Waals surface area contributed by atoms with Crippen LogP contribution in [0.5, 0.6) is 0 Å². The van der Waals surface area contributed by atoms with Crippen LogP contribution in [0.3, 0.4) is 0 Å². The van der Waals surface area contributed by atoms with E-state index in [1.165, 1.54) is 18.2 Å². The molecule has 1 aromatic heterocycles. The Labute approximate surface area is 174 Å². The lowest BCUT2D eigenvalue weighted by atomic mass is 9.73. The van der Waals surface area contributed by atoms with Crippen molar-refractivity contribution in [2.75, 3.05) is 26.7 Å². The molecule has 3 nitrogen and oxygen atoms in total. The number of pyridine rings is 1. The van der Waals surface area contributed by atoms with Crippen molar-refractivity contribution >= 4 is 6.08 Å². The maximum Gasteiger partial charge on any atom is 0.416 e. The second-order valence-electron chi connectivity index (χ2n) is 7.85. The van der Waals surface area contributed by atoms with Crippen LogP contribution in [0.1, 0.15) is 42.3 Å². The van der Waals surface area contributed by atoms with Gasteiger partial charge in [-0.3, -0.25) is 4.98 Å². The summed E-state index contributed by atoms with van der Waals surface area (Å²) in [7, 11) is 2.05. The topological polar surface area (TPSA) is 25.4 Å². The van der Waals surface area contributed by atoms with Crippen LogP contribution in [-0.2, 0) is 22.9 Å². The van der Waals surface area contributed by atoms with Crippen LogP contribution >= 0.6 is 0 Å². The highest BCUT2D eigenvalue weighted by molar-refractivity contribution is 5.46. The molecule has 0 saturated carbocycles. The normalized spacial score (nSPS) is 17.5. The Morgan fingerprint density at radius 1 is 1.13 bits per heavy atom. The fraction of sp³-hybridized carbons (Fsp3) is 0.435. The van der Waals surface area contributed by atoms with Gasteiger partial charge in [0.2, 0.25) is 0 Å². The van der Waals surface area contributed by atoms with Crippen molar-refractivity contribution in [1.29, 1.82) is 0 Å². The molecule has 0 bridgehead atoms. The summed E-state index contributed by atoms with van der Waals surface area (Å²) >= 11 is 0. The van der Waals surface area contributed by atoms with E-state index in [0.29, 0.717) is 6.61 Å². The van der Waals surface area contributed by atoms with Gasteiger partial charge < -0.3 is 9.64 Å². The molecule has 3 rings (SSSR count). The van der Waals surface area contributed by atoms with Gasteiger partial charge in [0, 0.05) is 5.41 Å². The summed E-state index contributed by atoms with van der Waals surface area (Å²) in [5.74, 6) is -0.299. The predicted octanol–water partition coefficient (Wildman–Crippen LogP) is 5.45. The van der Waals surface area contributed by atoms with Crippen molar-refractivity contribution in [3.05, 3.63) is 70.8 Å². The number of benzene rings is 1. The Bertz CT molecular complexity index is 870. The first-order valence-electron chi connectivity index (χ1n) is 9.95. The van der Waals surface area contributed by atoms with Gasteiger partial charge in [-0.1, -0.05) is 18.2 Å². The molecule has 30 heavy (non-hydrogen) atoms. The molecule has 1 saturated heterocycles. The van der Waals surface area contributed by atoms with Crippen molar-refractivity contribution < 1.29 is 22.3 Å². The van der Waals surface area contributed by atoms with Crippen LogP contribution in [-0.4, -0.2) is 36.6 Å². The molecule has 7 heteroatoms.